The van der Waals surface area contributed by atoms with E-state index in [1.807, 2.05) is 0 Å². The Kier molecular flexibility index (Phi) is 4.50. The molecule has 4 nitrogen and oxygen atoms in total. The SMILES string of the molecule is CCOC(=O)CC(=O)c1snc(Cl)c1Cl. The molecule has 1 heterocycles. The smallest absolute Gasteiger partial charge is 0.313 e. The summed E-state index contributed by atoms with van der Waals surface area (Å²) in [6, 6.07) is 0. The van der Waals surface area contributed by atoms with E-state index in [1.165, 1.54) is 0 Å². The molecule has 7 heteroatoms. The summed E-state index contributed by atoms with van der Waals surface area (Å²) >= 11 is 12.2. The van der Waals surface area contributed by atoms with Crippen molar-refractivity contribution in [2.24, 2.45) is 0 Å². The quantitative estimate of drug-likeness (QED) is 0.478. The van der Waals surface area contributed by atoms with Crippen LogP contribution in [0.1, 0.15) is 23.0 Å². The molecule has 82 valence electrons. The number of hydrogen-bond donors (Lipinski definition) is 0. The number of Topliss-reactive ketones (excluding diaryl/α,β-unsaturated/α-hetero) is 1. The van der Waals surface area contributed by atoms with E-state index in [9.17, 15) is 9.59 Å². The van der Waals surface area contributed by atoms with E-state index < -0.39 is 11.8 Å². The second-order valence-electron chi connectivity index (χ2n) is 2.52. The highest BCUT2D eigenvalue weighted by Gasteiger charge is 2.20. The van der Waals surface area contributed by atoms with Crippen molar-refractivity contribution in [3.8, 4) is 0 Å². The first-order valence-corrected chi connectivity index (χ1v) is 5.58. The zero-order valence-corrected chi connectivity index (χ0v) is 10.1. The summed E-state index contributed by atoms with van der Waals surface area (Å²) in [5.41, 5.74) is 0. The molecule has 0 fully saturated rings. The Morgan fingerprint density at radius 2 is 2.13 bits per heavy atom. The lowest BCUT2D eigenvalue weighted by molar-refractivity contribution is -0.141. The molecule has 15 heavy (non-hydrogen) atoms. The third-order valence-electron chi connectivity index (χ3n) is 1.46. The fourth-order valence-electron chi connectivity index (χ4n) is 0.856. The minimum Gasteiger partial charge on any atom is -0.466 e. The maximum absolute atomic E-state index is 11.5. The predicted molar refractivity (Wildman–Crippen MR) is 57.7 cm³/mol. The van der Waals surface area contributed by atoms with Gasteiger partial charge in [0.25, 0.3) is 0 Å². The van der Waals surface area contributed by atoms with Crippen LogP contribution in [0, 0.1) is 0 Å². The van der Waals surface area contributed by atoms with E-state index in [2.05, 4.69) is 9.11 Å². The lowest BCUT2D eigenvalue weighted by Crippen LogP contribution is -2.10. The summed E-state index contributed by atoms with van der Waals surface area (Å²) in [5, 5.41) is 0.171. The number of rotatable bonds is 4. The van der Waals surface area contributed by atoms with Crippen molar-refractivity contribution in [3.05, 3.63) is 15.1 Å². The van der Waals surface area contributed by atoms with Crippen LogP contribution in [0.4, 0.5) is 0 Å². The number of aromatic nitrogens is 1. The van der Waals surface area contributed by atoms with Crippen LogP contribution in [-0.2, 0) is 9.53 Å². The summed E-state index contributed by atoms with van der Waals surface area (Å²) in [7, 11) is 0. The van der Waals surface area contributed by atoms with Gasteiger partial charge in [0.15, 0.2) is 10.9 Å². The van der Waals surface area contributed by atoms with Gasteiger partial charge in [0.2, 0.25) is 0 Å². The van der Waals surface area contributed by atoms with Crippen LogP contribution in [0.25, 0.3) is 0 Å². The maximum Gasteiger partial charge on any atom is 0.313 e. The molecule has 0 aliphatic rings. The van der Waals surface area contributed by atoms with E-state index in [1.54, 1.807) is 6.92 Å². The summed E-state index contributed by atoms with van der Waals surface area (Å²) in [6.07, 6.45) is -0.341. The van der Waals surface area contributed by atoms with Gasteiger partial charge in [-0.3, -0.25) is 9.59 Å². The van der Waals surface area contributed by atoms with Crippen molar-refractivity contribution in [3.63, 3.8) is 0 Å². The highest BCUT2D eigenvalue weighted by atomic mass is 35.5. The second-order valence-corrected chi connectivity index (χ2v) is 4.03. The zero-order chi connectivity index (χ0) is 11.4. The van der Waals surface area contributed by atoms with E-state index >= 15 is 0 Å². The number of carbonyl (C=O) groups excluding carboxylic acids is 2. The van der Waals surface area contributed by atoms with Gasteiger partial charge in [-0.05, 0) is 18.5 Å². The Bertz CT molecular complexity index is 391. The minimum absolute atomic E-state index is 0.0777. The van der Waals surface area contributed by atoms with Crippen molar-refractivity contribution in [2.45, 2.75) is 13.3 Å². The van der Waals surface area contributed by atoms with Gasteiger partial charge < -0.3 is 4.74 Å². The summed E-state index contributed by atoms with van der Waals surface area (Å²) in [5.74, 6) is -1.01. The van der Waals surface area contributed by atoms with Gasteiger partial charge in [-0.2, -0.15) is 4.37 Å². The molecule has 0 aliphatic heterocycles. The zero-order valence-electron chi connectivity index (χ0n) is 7.75. The normalized spacial score (nSPS) is 10.1. The van der Waals surface area contributed by atoms with Crippen LogP contribution < -0.4 is 0 Å². The average Bonchev–Trinajstić information content (AvgIpc) is 2.48. The first-order valence-electron chi connectivity index (χ1n) is 4.05. The van der Waals surface area contributed by atoms with E-state index in [0.717, 1.165) is 11.5 Å². The lowest BCUT2D eigenvalue weighted by atomic mass is 10.2. The van der Waals surface area contributed by atoms with Gasteiger partial charge in [-0.25, -0.2) is 0 Å². The van der Waals surface area contributed by atoms with Crippen LogP contribution in [0.15, 0.2) is 0 Å². The third kappa shape index (κ3) is 3.15. The fraction of sp³-hybridized carbons (Fsp3) is 0.375. The molecule has 0 radical (unpaired) electrons. The number of ether oxygens (including phenoxy) is 1. The topological polar surface area (TPSA) is 56.3 Å². The summed E-state index contributed by atoms with van der Waals surface area (Å²) in [4.78, 5) is 22.7. The molecule has 0 spiro atoms. The van der Waals surface area contributed by atoms with Gasteiger partial charge in [0.05, 0.1) is 6.61 Å². The number of nitrogens with zero attached hydrogens (tertiary/aromatic N) is 1. The number of carbonyl (C=O) groups is 2. The van der Waals surface area contributed by atoms with Crippen molar-refractivity contribution >= 4 is 46.5 Å². The Morgan fingerprint density at radius 1 is 1.47 bits per heavy atom. The van der Waals surface area contributed by atoms with Gasteiger partial charge in [0.1, 0.15) is 16.3 Å². The van der Waals surface area contributed by atoms with Crippen LogP contribution in [-0.4, -0.2) is 22.7 Å². The maximum atomic E-state index is 11.5. The highest BCUT2D eigenvalue weighted by Crippen LogP contribution is 2.29. The van der Waals surface area contributed by atoms with Crippen molar-refractivity contribution in [1.82, 2.24) is 4.37 Å². The molecule has 0 unspecified atom stereocenters. The molecule has 1 rings (SSSR count). The lowest BCUT2D eigenvalue weighted by Gasteiger charge is -1.99. The number of esters is 1. The van der Waals surface area contributed by atoms with E-state index in [-0.39, 0.29) is 28.1 Å². The molecule has 0 saturated carbocycles. The Morgan fingerprint density at radius 3 is 2.60 bits per heavy atom. The first kappa shape index (κ1) is 12.4. The van der Waals surface area contributed by atoms with Crippen LogP contribution in [0.3, 0.4) is 0 Å². The Hall–Kier alpha value is -0.650. The van der Waals surface area contributed by atoms with Gasteiger partial charge in [-0.15, -0.1) is 0 Å². The predicted octanol–water partition coefficient (Wildman–Crippen LogP) is 2.59. The van der Waals surface area contributed by atoms with E-state index in [4.69, 9.17) is 23.2 Å². The van der Waals surface area contributed by atoms with E-state index in [0.29, 0.717) is 0 Å². The highest BCUT2D eigenvalue weighted by molar-refractivity contribution is 7.09. The number of hydrogen-bond acceptors (Lipinski definition) is 5. The second kappa shape index (κ2) is 5.44. The molecule has 0 aliphatic carbocycles. The average molecular weight is 268 g/mol. The molecule has 0 saturated heterocycles. The molecule has 0 aromatic carbocycles. The fourth-order valence-corrected chi connectivity index (χ4v) is 2.03. The van der Waals surface area contributed by atoms with Gasteiger partial charge in [0, 0.05) is 0 Å². The molecule has 0 atom stereocenters. The first-order chi connectivity index (χ1) is 7.06. The van der Waals surface area contributed by atoms with Crippen LogP contribution in [0.2, 0.25) is 10.2 Å². The Balaban J connectivity index is 2.69. The van der Waals surface area contributed by atoms with Crippen LogP contribution >= 0.6 is 34.7 Å². The number of ketones is 1. The molecule has 0 bridgehead atoms. The Labute approximate surface area is 100 Å². The molecular formula is C8H7Cl2NO3S. The third-order valence-corrected chi connectivity index (χ3v) is 3.30. The van der Waals surface area contributed by atoms with Crippen LogP contribution in [0.5, 0.6) is 0 Å². The van der Waals surface area contributed by atoms with Gasteiger partial charge >= 0.3 is 5.97 Å². The molecular weight excluding hydrogens is 261 g/mol. The van der Waals surface area contributed by atoms with Crippen molar-refractivity contribution < 1.29 is 14.3 Å². The van der Waals surface area contributed by atoms with Gasteiger partial charge in [-0.1, -0.05) is 23.2 Å². The standard InChI is InChI=1S/C8H7Cl2NO3S/c1-2-14-5(13)3-4(12)7-6(9)8(10)11-15-7/h2-3H2,1H3. The van der Waals surface area contributed by atoms with Crippen molar-refractivity contribution in [1.29, 1.82) is 0 Å². The summed E-state index contributed by atoms with van der Waals surface area (Å²) in [6.45, 7) is 1.90. The number of halogens is 2. The summed E-state index contributed by atoms with van der Waals surface area (Å²) < 4.78 is 8.32. The molecule has 1 aromatic rings. The largest absolute Gasteiger partial charge is 0.466 e. The van der Waals surface area contributed by atoms with Crippen molar-refractivity contribution in [2.75, 3.05) is 6.61 Å². The minimum atomic E-state index is -0.580. The molecule has 1 aromatic heterocycles. The molecule has 0 N–H and O–H groups in total. The monoisotopic (exact) mass is 267 g/mol. The molecule has 0 amide bonds.